The average molecular weight is 361 g/mol. The van der Waals surface area contributed by atoms with Gasteiger partial charge in [0.2, 0.25) is 0 Å². The highest BCUT2D eigenvalue weighted by Gasteiger charge is 2.11. The van der Waals surface area contributed by atoms with Crippen molar-refractivity contribution >= 4 is 29.9 Å². The van der Waals surface area contributed by atoms with E-state index in [2.05, 4.69) is 40.5 Å². The molecule has 1 heterocycles. The maximum absolute atomic E-state index is 5.19. The van der Waals surface area contributed by atoms with Crippen molar-refractivity contribution in [1.29, 1.82) is 0 Å². The van der Waals surface area contributed by atoms with Crippen molar-refractivity contribution in [3.63, 3.8) is 0 Å². The fourth-order valence-electron chi connectivity index (χ4n) is 1.92. The number of aliphatic imine (C=N–C) groups is 1. The van der Waals surface area contributed by atoms with Crippen molar-refractivity contribution in [2.45, 2.75) is 13.2 Å². The molecule has 0 radical (unpaired) electrons. The minimum Gasteiger partial charge on any atom is -0.380 e. The molecule has 5 heteroatoms. The van der Waals surface area contributed by atoms with Gasteiger partial charge in [0.15, 0.2) is 5.96 Å². The molecule has 0 aromatic heterocycles. The third-order valence-corrected chi connectivity index (χ3v) is 2.91. The van der Waals surface area contributed by atoms with Crippen molar-refractivity contribution in [3.8, 4) is 0 Å². The number of nitrogens with zero attached hydrogens (tertiary/aromatic N) is 2. The molecule has 1 aromatic rings. The first kappa shape index (κ1) is 15.2. The largest absolute Gasteiger partial charge is 0.380 e. The molecule has 1 aliphatic rings. The van der Waals surface area contributed by atoms with Gasteiger partial charge < -0.3 is 15.0 Å². The van der Waals surface area contributed by atoms with Crippen LogP contribution in [-0.2, 0) is 17.9 Å². The van der Waals surface area contributed by atoms with Crippen LogP contribution in [0, 0.1) is 0 Å². The second-order valence-corrected chi connectivity index (χ2v) is 4.18. The Hall–Kier alpha value is -0.820. The van der Waals surface area contributed by atoms with Crippen LogP contribution < -0.4 is 5.32 Å². The minimum absolute atomic E-state index is 0. The third kappa shape index (κ3) is 3.84. The van der Waals surface area contributed by atoms with E-state index in [0.717, 1.165) is 25.6 Å². The van der Waals surface area contributed by atoms with Crippen LogP contribution >= 0.6 is 24.0 Å². The molecular formula is C13H20IN3O. The van der Waals surface area contributed by atoms with Crippen LogP contribution in [0.4, 0.5) is 0 Å². The zero-order valence-corrected chi connectivity index (χ0v) is 13.2. The van der Waals surface area contributed by atoms with Crippen molar-refractivity contribution in [1.82, 2.24) is 10.2 Å². The van der Waals surface area contributed by atoms with Gasteiger partial charge >= 0.3 is 0 Å². The van der Waals surface area contributed by atoms with E-state index in [-0.39, 0.29) is 24.0 Å². The van der Waals surface area contributed by atoms with Crippen molar-refractivity contribution < 1.29 is 4.74 Å². The van der Waals surface area contributed by atoms with Gasteiger partial charge in [0.05, 0.1) is 13.2 Å². The van der Waals surface area contributed by atoms with Crippen LogP contribution in [0.3, 0.4) is 0 Å². The monoisotopic (exact) mass is 361 g/mol. The number of benzene rings is 1. The van der Waals surface area contributed by atoms with Crippen LogP contribution in [0.1, 0.15) is 11.1 Å². The van der Waals surface area contributed by atoms with E-state index in [1.54, 1.807) is 7.11 Å². The number of nitrogens with one attached hydrogen (secondary N) is 1. The average Bonchev–Trinajstić information content (AvgIpc) is 2.74. The molecule has 0 aliphatic carbocycles. The SMILES string of the molecule is COCc1ccccc1CNC1=NCCN1C.I. The van der Waals surface area contributed by atoms with Gasteiger partial charge in [-0.05, 0) is 11.1 Å². The highest BCUT2D eigenvalue weighted by atomic mass is 127. The third-order valence-electron chi connectivity index (χ3n) is 2.91. The summed E-state index contributed by atoms with van der Waals surface area (Å²) in [6.07, 6.45) is 0. The van der Waals surface area contributed by atoms with Crippen LogP contribution in [-0.4, -0.2) is 38.1 Å². The highest BCUT2D eigenvalue weighted by Crippen LogP contribution is 2.10. The fourth-order valence-corrected chi connectivity index (χ4v) is 1.92. The first-order valence-electron chi connectivity index (χ1n) is 5.86. The summed E-state index contributed by atoms with van der Waals surface area (Å²) >= 11 is 0. The Kier molecular flexibility index (Phi) is 6.42. The summed E-state index contributed by atoms with van der Waals surface area (Å²) in [7, 11) is 3.78. The Bertz CT molecular complexity index is 409. The van der Waals surface area contributed by atoms with Crippen LogP contribution in [0.15, 0.2) is 29.3 Å². The molecule has 18 heavy (non-hydrogen) atoms. The number of hydrogen-bond acceptors (Lipinski definition) is 4. The highest BCUT2D eigenvalue weighted by molar-refractivity contribution is 14.0. The summed E-state index contributed by atoms with van der Waals surface area (Å²) in [5.74, 6) is 0.984. The molecule has 0 saturated carbocycles. The summed E-state index contributed by atoms with van der Waals surface area (Å²) in [4.78, 5) is 6.55. The second kappa shape index (κ2) is 7.58. The summed E-state index contributed by atoms with van der Waals surface area (Å²) < 4.78 is 5.19. The topological polar surface area (TPSA) is 36.9 Å². The molecule has 0 spiro atoms. The number of guanidine groups is 1. The molecule has 0 saturated heterocycles. The van der Waals surface area contributed by atoms with Gasteiger partial charge in [-0.1, -0.05) is 24.3 Å². The van der Waals surface area contributed by atoms with Gasteiger partial charge in [-0.3, -0.25) is 4.99 Å². The molecule has 0 unspecified atom stereocenters. The van der Waals surface area contributed by atoms with Gasteiger partial charge in [0.25, 0.3) is 0 Å². The van der Waals surface area contributed by atoms with Crippen LogP contribution in [0.5, 0.6) is 0 Å². The quantitative estimate of drug-likeness (QED) is 0.832. The van der Waals surface area contributed by atoms with E-state index in [4.69, 9.17) is 4.74 Å². The number of rotatable bonds is 4. The lowest BCUT2D eigenvalue weighted by Gasteiger charge is -2.16. The normalized spacial score (nSPS) is 14.1. The van der Waals surface area contributed by atoms with E-state index < -0.39 is 0 Å². The molecule has 1 N–H and O–H groups in total. The van der Waals surface area contributed by atoms with Crippen molar-refractivity contribution in [2.24, 2.45) is 4.99 Å². The van der Waals surface area contributed by atoms with Crippen molar-refractivity contribution in [2.75, 3.05) is 27.2 Å². The van der Waals surface area contributed by atoms with E-state index in [9.17, 15) is 0 Å². The van der Waals surface area contributed by atoms with Gasteiger partial charge in [-0.15, -0.1) is 24.0 Å². The fraction of sp³-hybridized carbons (Fsp3) is 0.462. The number of methoxy groups -OCH3 is 1. The Labute approximate surface area is 125 Å². The number of halogens is 1. The maximum Gasteiger partial charge on any atom is 0.194 e. The van der Waals surface area contributed by atoms with Gasteiger partial charge in [0, 0.05) is 27.2 Å². The lowest BCUT2D eigenvalue weighted by Crippen LogP contribution is -2.35. The first-order chi connectivity index (χ1) is 8.31. The molecule has 2 rings (SSSR count). The standard InChI is InChI=1S/C13H19N3O.HI/c1-16-8-7-14-13(16)15-9-11-5-3-4-6-12(11)10-17-2;/h3-6H,7-10H2,1-2H3,(H,14,15);1H. The summed E-state index contributed by atoms with van der Waals surface area (Å²) in [6.45, 7) is 3.34. The maximum atomic E-state index is 5.19. The van der Waals surface area contributed by atoms with E-state index >= 15 is 0 Å². The lowest BCUT2D eigenvalue weighted by atomic mass is 10.1. The van der Waals surface area contributed by atoms with Gasteiger partial charge in [-0.25, -0.2) is 0 Å². The molecule has 0 fully saturated rings. The second-order valence-electron chi connectivity index (χ2n) is 4.18. The molecule has 4 nitrogen and oxygen atoms in total. The summed E-state index contributed by atoms with van der Waals surface area (Å²) in [6, 6.07) is 8.31. The minimum atomic E-state index is 0. The number of ether oxygens (including phenoxy) is 1. The Morgan fingerprint density at radius 2 is 2.06 bits per heavy atom. The molecule has 0 amide bonds. The van der Waals surface area contributed by atoms with Crippen molar-refractivity contribution in [3.05, 3.63) is 35.4 Å². The molecule has 0 atom stereocenters. The molecule has 1 aromatic carbocycles. The van der Waals surface area contributed by atoms with E-state index in [0.29, 0.717) is 6.61 Å². The summed E-state index contributed by atoms with van der Waals surface area (Å²) in [5.41, 5.74) is 2.49. The Morgan fingerprint density at radius 3 is 2.67 bits per heavy atom. The molecular weight excluding hydrogens is 341 g/mol. The predicted octanol–water partition coefficient (Wildman–Crippen LogP) is 1.84. The Balaban J connectivity index is 0.00000162. The van der Waals surface area contributed by atoms with Gasteiger partial charge in [0.1, 0.15) is 0 Å². The number of hydrogen-bond donors (Lipinski definition) is 1. The first-order valence-corrected chi connectivity index (χ1v) is 5.86. The number of likely N-dealkylation sites (N-methyl/N-ethyl adjacent to an activating group) is 1. The summed E-state index contributed by atoms with van der Waals surface area (Å²) in [5, 5.41) is 3.37. The van der Waals surface area contributed by atoms with Crippen LogP contribution in [0.2, 0.25) is 0 Å². The van der Waals surface area contributed by atoms with Crippen LogP contribution in [0.25, 0.3) is 0 Å². The molecule has 100 valence electrons. The van der Waals surface area contributed by atoms with E-state index in [1.165, 1.54) is 11.1 Å². The van der Waals surface area contributed by atoms with Gasteiger partial charge in [-0.2, -0.15) is 0 Å². The van der Waals surface area contributed by atoms with E-state index in [1.807, 2.05) is 6.07 Å². The molecule has 1 aliphatic heterocycles. The lowest BCUT2D eigenvalue weighted by molar-refractivity contribution is 0.184. The Morgan fingerprint density at radius 1 is 1.33 bits per heavy atom. The smallest absolute Gasteiger partial charge is 0.194 e. The zero-order valence-electron chi connectivity index (χ0n) is 10.8. The molecule has 0 bridgehead atoms. The zero-order chi connectivity index (χ0) is 12.1. The predicted molar refractivity (Wildman–Crippen MR) is 84.3 cm³/mol.